The van der Waals surface area contributed by atoms with E-state index in [1.165, 1.54) is 12.1 Å². The van der Waals surface area contributed by atoms with Crippen molar-refractivity contribution in [3.63, 3.8) is 0 Å². The van der Waals surface area contributed by atoms with Crippen LogP contribution in [0.3, 0.4) is 0 Å². The van der Waals surface area contributed by atoms with Crippen molar-refractivity contribution in [3.8, 4) is 0 Å². The lowest BCUT2D eigenvalue weighted by Crippen LogP contribution is -2.18. The minimum atomic E-state index is -1.30. The monoisotopic (exact) mass is 307 g/mol. The Hall–Kier alpha value is -1.99. The summed E-state index contributed by atoms with van der Waals surface area (Å²) in [5.41, 5.74) is 1.95. The van der Waals surface area contributed by atoms with Gasteiger partial charge in [-0.2, -0.15) is 0 Å². The molecular weight excluding hydrogens is 293 g/mol. The maximum absolute atomic E-state index is 14.2. The standard InChI is InChI=1S/C14H14FN3O2S/c1-7-16-8(6-21-7)5-18(2)12-4-11-9(3-10(12)15)13(19)14(20)17-11/h3-4,6,13,19H,5H2,1-2H3,(H,17,20). The van der Waals surface area contributed by atoms with E-state index in [0.717, 1.165) is 10.7 Å². The smallest absolute Gasteiger partial charge is 0.257 e. The van der Waals surface area contributed by atoms with E-state index >= 15 is 0 Å². The number of fused-ring (bicyclic) bond motifs is 1. The van der Waals surface area contributed by atoms with E-state index in [4.69, 9.17) is 0 Å². The summed E-state index contributed by atoms with van der Waals surface area (Å²) < 4.78 is 14.2. The van der Waals surface area contributed by atoms with Gasteiger partial charge < -0.3 is 15.3 Å². The first-order valence-corrected chi connectivity index (χ1v) is 7.28. The second kappa shape index (κ2) is 5.09. The molecule has 0 aliphatic carbocycles. The molecule has 1 aliphatic rings. The number of rotatable bonds is 3. The third kappa shape index (κ3) is 2.50. The van der Waals surface area contributed by atoms with E-state index in [1.807, 2.05) is 12.3 Å². The lowest BCUT2D eigenvalue weighted by Gasteiger charge is -2.20. The Morgan fingerprint density at radius 1 is 1.52 bits per heavy atom. The number of benzene rings is 1. The number of nitrogens with zero attached hydrogens (tertiary/aromatic N) is 2. The largest absolute Gasteiger partial charge is 0.378 e. The molecule has 2 N–H and O–H groups in total. The van der Waals surface area contributed by atoms with Crippen molar-refractivity contribution < 1.29 is 14.3 Å². The number of hydrogen-bond donors (Lipinski definition) is 2. The molecule has 5 nitrogen and oxygen atoms in total. The maximum atomic E-state index is 14.2. The van der Waals surface area contributed by atoms with E-state index in [-0.39, 0.29) is 5.56 Å². The van der Waals surface area contributed by atoms with Crippen molar-refractivity contribution in [2.24, 2.45) is 0 Å². The number of anilines is 2. The Balaban J connectivity index is 1.89. The molecule has 0 spiro atoms. The van der Waals surface area contributed by atoms with E-state index < -0.39 is 17.8 Å². The van der Waals surface area contributed by atoms with Crippen LogP contribution in [0.25, 0.3) is 0 Å². The fourth-order valence-corrected chi connectivity index (χ4v) is 2.96. The van der Waals surface area contributed by atoms with Crippen molar-refractivity contribution in [2.45, 2.75) is 19.6 Å². The van der Waals surface area contributed by atoms with Gasteiger partial charge in [0.2, 0.25) is 0 Å². The highest BCUT2D eigenvalue weighted by Gasteiger charge is 2.30. The molecule has 1 atom stereocenters. The number of nitrogens with one attached hydrogen (secondary N) is 1. The van der Waals surface area contributed by atoms with Crippen LogP contribution >= 0.6 is 11.3 Å². The number of aromatic nitrogens is 1. The number of aryl methyl sites for hydroxylation is 1. The van der Waals surface area contributed by atoms with Gasteiger partial charge in [-0.15, -0.1) is 11.3 Å². The summed E-state index contributed by atoms with van der Waals surface area (Å²) in [4.78, 5) is 17.5. The van der Waals surface area contributed by atoms with Gasteiger partial charge in [0, 0.05) is 23.7 Å². The average Bonchev–Trinajstić information content (AvgIpc) is 2.95. The van der Waals surface area contributed by atoms with Gasteiger partial charge >= 0.3 is 0 Å². The number of carbonyl (C=O) groups is 1. The van der Waals surface area contributed by atoms with Crippen molar-refractivity contribution in [1.82, 2.24) is 4.98 Å². The van der Waals surface area contributed by atoms with Gasteiger partial charge in [-0.3, -0.25) is 4.79 Å². The molecule has 0 saturated heterocycles. The van der Waals surface area contributed by atoms with Crippen LogP contribution < -0.4 is 10.2 Å². The highest BCUT2D eigenvalue weighted by molar-refractivity contribution is 7.09. The zero-order chi connectivity index (χ0) is 15.1. The van der Waals surface area contributed by atoms with Gasteiger partial charge in [0.25, 0.3) is 5.91 Å². The van der Waals surface area contributed by atoms with Gasteiger partial charge in [0.15, 0.2) is 6.10 Å². The molecule has 3 rings (SSSR count). The number of aliphatic hydroxyl groups excluding tert-OH is 1. The van der Waals surface area contributed by atoms with Gasteiger partial charge in [0.05, 0.1) is 22.9 Å². The molecule has 110 valence electrons. The molecule has 0 bridgehead atoms. The molecule has 1 aromatic carbocycles. The first-order valence-electron chi connectivity index (χ1n) is 6.40. The number of halogens is 1. The first kappa shape index (κ1) is 14.0. The Bertz CT molecular complexity index is 716. The van der Waals surface area contributed by atoms with Crippen LogP contribution in [-0.4, -0.2) is 23.0 Å². The zero-order valence-corrected chi connectivity index (χ0v) is 12.4. The van der Waals surface area contributed by atoms with Crippen molar-refractivity contribution in [1.29, 1.82) is 0 Å². The number of hydrogen-bond acceptors (Lipinski definition) is 5. The maximum Gasteiger partial charge on any atom is 0.257 e. The minimum absolute atomic E-state index is 0.277. The fourth-order valence-electron chi connectivity index (χ4n) is 2.36. The summed E-state index contributed by atoms with van der Waals surface area (Å²) >= 11 is 1.54. The molecule has 21 heavy (non-hydrogen) atoms. The third-order valence-electron chi connectivity index (χ3n) is 3.40. The van der Waals surface area contributed by atoms with Crippen LogP contribution in [-0.2, 0) is 11.3 Å². The topological polar surface area (TPSA) is 65.5 Å². The summed E-state index contributed by atoms with van der Waals surface area (Å²) in [5.74, 6) is -1.00. The van der Waals surface area contributed by atoms with Crippen molar-refractivity contribution >= 4 is 28.6 Å². The van der Waals surface area contributed by atoms with E-state index in [1.54, 1.807) is 23.3 Å². The predicted molar refractivity (Wildman–Crippen MR) is 78.9 cm³/mol. The van der Waals surface area contributed by atoms with Crippen molar-refractivity contribution in [2.75, 3.05) is 17.3 Å². The zero-order valence-electron chi connectivity index (χ0n) is 11.6. The predicted octanol–water partition coefficient (Wildman–Crippen LogP) is 2.21. The van der Waals surface area contributed by atoms with E-state index in [2.05, 4.69) is 10.3 Å². The summed E-state index contributed by atoms with van der Waals surface area (Å²) in [7, 11) is 1.76. The Kier molecular flexibility index (Phi) is 3.38. The quantitative estimate of drug-likeness (QED) is 0.912. The molecule has 2 aromatic rings. The fraction of sp³-hybridized carbons (Fsp3) is 0.286. The summed E-state index contributed by atoms with van der Waals surface area (Å²) in [6.07, 6.45) is -1.30. The second-order valence-electron chi connectivity index (χ2n) is 5.00. The van der Waals surface area contributed by atoms with Gasteiger partial charge in [0.1, 0.15) is 5.82 Å². The molecular formula is C14H14FN3O2S. The van der Waals surface area contributed by atoms with Crippen LogP contribution in [0.1, 0.15) is 22.4 Å². The van der Waals surface area contributed by atoms with Crippen LogP contribution in [0.2, 0.25) is 0 Å². The number of carbonyl (C=O) groups excluding carboxylic acids is 1. The van der Waals surface area contributed by atoms with E-state index in [0.29, 0.717) is 17.9 Å². The SMILES string of the molecule is Cc1nc(CN(C)c2cc3c(cc2F)C(O)C(=O)N3)cs1. The molecule has 0 saturated carbocycles. The second-order valence-corrected chi connectivity index (χ2v) is 6.06. The summed E-state index contributed by atoms with van der Waals surface area (Å²) in [5, 5.41) is 15.1. The van der Waals surface area contributed by atoms with Gasteiger partial charge in [-0.1, -0.05) is 0 Å². The molecule has 0 radical (unpaired) electrons. The first-order chi connectivity index (χ1) is 9.95. The molecule has 1 aromatic heterocycles. The van der Waals surface area contributed by atoms with Gasteiger partial charge in [-0.25, -0.2) is 9.37 Å². The van der Waals surface area contributed by atoms with Crippen LogP contribution in [0.4, 0.5) is 15.8 Å². The highest BCUT2D eigenvalue weighted by atomic mass is 32.1. The molecule has 1 unspecified atom stereocenters. The average molecular weight is 307 g/mol. The molecule has 0 fully saturated rings. The Labute approximate surface area is 125 Å². The lowest BCUT2D eigenvalue weighted by molar-refractivity contribution is -0.123. The third-order valence-corrected chi connectivity index (χ3v) is 4.22. The molecule has 1 aliphatic heterocycles. The minimum Gasteiger partial charge on any atom is -0.378 e. The van der Waals surface area contributed by atoms with Crippen LogP contribution in [0.5, 0.6) is 0 Å². The normalized spacial score (nSPS) is 16.8. The van der Waals surface area contributed by atoms with Crippen LogP contribution in [0.15, 0.2) is 17.5 Å². The van der Waals surface area contributed by atoms with Crippen molar-refractivity contribution in [3.05, 3.63) is 39.6 Å². The van der Waals surface area contributed by atoms with Gasteiger partial charge in [-0.05, 0) is 19.1 Å². The Morgan fingerprint density at radius 2 is 2.29 bits per heavy atom. The lowest BCUT2D eigenvalue weighted by atomic mass is 10.1. The molecule has 2 heterocycles. The molecule has 7 heteroatoms. The summed E-state index contributed by atoms with van der Waals surface area (Å²) in [6, 6.07) is 2.74. The molecule has 1 amide bonds. The van der Waals surface area contributed by atoms with E-state index in [9.17, 15) is 14.3 Å². The number of amides is 1. The Morgan fingerprint density at radius 3 is 2.95 bits per heavy atom. The summed E-state index contributed by atoms with van der Waals surface area (Å²) in [6.45, 7) is 2.39. The van der Waals surface area contributed by atoms with Crippen LogP contribution in [0, 0.1) is 12.7 Å². The number of thiazole rings is 1. The number of aliphatic hydroxyl groups is 1. The highest BCUT2D eigenvalue weighted by Crippen LogP contribution is 2.35.